The van der Waals surface area contributed by atoms with Crippen LogP contribution in [0.2, 0.25) is 0 Å². The summed E-state index contributed by atoms with van der Waals surface area (Å²) in [5, 5.41) is 0. The fourth-order valence-electron chi connectivity index (χ4n) is 3.01. The molecule has 0 aromatic heterocycles. The number of carbonyl (C=O) groups excluding carboxylic acids is 1. The summed E-state index contributed by atoms with van der Waals surface area (Å²) in [5.74, 6) is -0.430. The van der Waals surface area contributed by atoms with Crippen molar-refractivity contribution in [2.75, 3.05) is 0 Å². The van der Waals surface area contributed by atoms with E-state index in [-0.39, 0.29) is 17.8 Å². The summed E-state index contributed by atoms with van der Waals surface area (Å²) in [6.45, 7) is 4.28. The topological polar surface area (TPSA) is 64.7 Å². The van der Waals surface area contributed by atoms with Crippen LogP contribution in [0.5, 0.6) is 0 Å². The number of fused-ring (bicyclic) bond motifs is 1. The number of amidine groups is 1. The lowest BCUT2D eigenvalue weighted by Crippen LogP contribution is -2.15. The van der Waals surface area contributed by atoms with Gasteiger partial charge in [-0.15, -0.1) is 0 Å². The predicted octanol–water partition coefficient (Wildman–Crippen LogP) is 4.68. The average Bonchev–Trinajstić information content (AvgIpc) is 2.78. The van der Waals surface area contributed by atoms with Gasteiger partial charge in [0.25, 0.3) is 0 Å². The van der Waals surface area contributed by atoms with Crippen molar-refractivity contribution in [2.24, 2.45) is 10.7 Å². The van der Waals surface area contributed by atoms with E-state index >= 15 is 0 Å². The van der Waals surface area contributed by atoms with E-state index in [2.05, 4.69) is 35.9 Å². The molecule has 0 saturated carbocycles. The predicted molar refractivity (Wildman–Crippen MR) is 97.0 cm³/mol. The van der Waals surface area contributed by atoms with Crippen molar-refractivity contribution in [2.45, 2.75) is 26.2 Å². The van der Waals surface area contributed by atoms with Crippen molar-refractivity contribution in [1.82, 2.24) is 0 Å². The van der Waals surface area contributed by atoms with Crippen LogP contribution in [0.25, 0.3) is 17.2 Å². The van der Waals surface area contributed by atoms with Gasteiger partial charge in [-0.2, -0.15) is 0 Å². The average molecular weight is 338 g/mol. The van der Waals surface area contributed by atoms with E-state index in [1.54, 1.807) is 6.08 Å². The summed E-state index contributed by atoms with van der Waals surface area (Å²) >= 11 is 0. The van der Waals surface area contributed by atoms with E-state index in [0.29, 0.717) is 17.2 Å². The molecule has 0 radical (unpaired) electrons. The summed E-state index contributed by atoms with van der Waals surface area (Å²) < 4.78 is 12.3. The molecule has 4 nitrogen and oxygen atoms in total. The zero-order valence-electron chi connectivity index (χ0n) is 14.1. The van der Waals surface area contributed by atoms with Crippen LogP contribution < -0.4 is 5.73 Å². The zero-order chi connectivity index (χ0) is 18.0. The molecule has 0 unspecified atom stereocenters. The molecular weight excluding hydrogens is 319 g/mol. The van der Waals surface area contributed by atoms with E-state index in [0.717, 1.165) is 11.1 Å². The van der Waals surface area contributed by atoms with Gasteiger partial charge < -0.3 is 5.73 Å². The normalized spacial score (nSPS) is 13.6. The SMILES string of the molecule is CC(C)c1ccccc1-c1ccc2c(c1)C=C(C(=O)OF)CC(N)=N2. The lowest BCUT2D eigenvalue weighted by Gasteiger charge is -2.14. The fraction of sp³-hybridized carbons (Fsp3) is 0.200. The monoisotopic (exact) mass is 338 g/mol. The van der Waals surface area contributed by atoms with Gasteiger partial charge in [0.2, 0.25) is 0 Å². The lowest BCUT2D eigenvalue weighted by atomic mass is 9.91. The Bertz CT molecular complexity index is 885. The van der Waals surface area contributed by atoms with Gasteiger partial charge in [0.1, 0.15) is 5.84 Å². The summed E-state index contributed by atoms with van der Waals surface area (Å²) in [7, 11) is 0. The molecule has 2 N–H and O–H groups in total. The highest BCUT2D eigenvalue weighted by Crippen LogP contribution is 2.34. The smallest absolute Gasteiger partial charge is 0.376 e. The molecule has 128 valence electrons. The molecule has 0 bridgehead atoms. The van der Waals surface area contributed by atoms with E-state index in [4.69, 9.17) is 5.73 Å². The standard InChI is InChI=1S/C20H19FN2O2/c1-12(2)16-5-3-4-6-17(16)13-7-8-18-14(9-13)10-15(20(24)25-21)11-19(22)23-18/h3-10,12H,11H2,1-2H3,(H2,22,23). The Morgan fingerprint density at radius 2 is 2.00 bits per heavy atom. The van der Waals surface area contributed by atoms with Crippen molar-refractivity contribution in [3.05, 3.63) is 59.2 Å². The Hall–Kier alpha value is -2.95. The van der Waals surface area contributed by atoms with E-state index < -0.39 is 5.97 Å². The van der Waals surface area contributed by atoms with E-state index in [1.165, 1.54) is 5.56 Å². The third-order valence-electron chi connectivity index (χ3n) is 4.22. The maximum Gasteiger partial charge on any atom is 0.376 e. The molecule has 2 aromatic rings. The number of hydrogen-bond acceptors (Lipinski definition) is 4. The maximum atomic E-state index is 12.3. The van der Waals surface area contributed by atoms with Crippen molar-refractivity contribution in [3.8, 4) is 11.1 Å². The second-order valence-corrected chi connectivity index (χ2v) is 6.33. The number of rotatable bonds is 3. The summed E-state index contributed by atoms with van der Waals surface area (Å²) in [5.41, 5.74) is 10.7. The van der Waals surface area contributed by atoms with Gasteiger partial charge in [-0.1, -0.05) is 44.2 Å². The van der Waals surface area contributed by atoms with Crippen molar-refractivity contribution >= 4 is 23.6 Å². The van der Waals surface area contributed by atoms with Crippen LogP contribution in [0.1, 0.15) is 37.3 Å². The molecule has 0 aliphatic carbocycles. The number of benzene rings is 2. The van der Waals surface area contributed by atoms with Gasteiger partial charge in [-0.25, -0.2) is 14.7 Å². The van der Waals surface area contributed by atoms with Crippen LogP contribution in [0.3, 0.4) is 0 Å². The first-order valence-corrected chi connectivity index (χ1v) is 8.09. The van der Waals surface area contributed by atoms with Crippen molar-refractivity contribution in [1.29, 1.82) is 0 Å². The summed E-state index contributed by atoms with van der Waals surface area (Å²) in [6, 6.07) is 13.9. The molecule has 5 heteroatoms. The van der Waals surface area contributed by atoms with Crippen molar-refractivity contribution < 1.29 is 14.3 Å². The maximum absolute atomic E-state index is 12.3. The highest BCUT2D eigenvalue weighted by Gasteiger charge is 2.19. The first-order valence-electron chi connectivity index (χ1n) is 8.09. The molecule has 0 atom stereocenters. The van der Waals surface area contributed by atoms with Crippen molar-refractivity contribution in [3.63, 3.8) is 0 Å². The number of halogens is 1. The summed E-state index contributed by atoms with van der Waals surface area (Å²) in [6.07, 6.45) is 1.64. The lowest BCUT2D eigenvalue weighted by molar-refractivity contribution is -0.178. The van der Waals surface area contributed by atoms with Gasteiger partial charge in [-0.3, -0.25) is 0 Å². The molecular formula is C20H19FN2O2. The Kier molecular flexibility index (Phi) is 4.65. The Morgan fingerprint density at radius 1 is 1.24 bits per heavy atom. The van der Waals surface area contributed by atoms with Crippen LogP contribution in [0, 0.1) is 0 Å². The number of nitrogens with zero attached hydrogens (tertiary/aromatic N) is 1. The molecule has 3 rings (SSSR count). The quantitative estimate of drug-likeness (QED) is 0.883. The number of aliphatic imine (C=N–C) groups is 1. The van der Waals surface area contributed by atoms with E-state index in [9.17, 15) is 9.32 Å². The highest BCUT2D eigenvalue weighted by molar-refractivity contribution is 6.03. The van der Waals surface area contributed by atoms with Gasteiger partial charge in [0.05, 0.1) is 5.69 Å². The van der Waals surface area contributed by atoms with Gasteiger partial charge in [-0.05, 0) is 40.8 Å². The van der Waals surface area contributed by atoms with Gasteiger partial charge >= 0.3 is 5.97 Å². The fourth-order valence-corrected chi connectivity index (χ4v) is 3.01. The minimum absolute atomic E-state index is 0.0509. The van der Waals surface area contributed by atoms with Crippen LogP contribution >= 0.6 is 0 Å². The first-order chi connectivity index (χ1) is 12.0. The molecule has 2 aromatic carbocycles. The molecule has 0 saturated heterocycles. The van der Waals surface area contributed by atoms with Crippen LogP contribution in [-0.2, 0) is 9.74 Å². The molecule has 1 aliphatic heterocycles. The molecule has 0 fully saturated rings. The minimum atomic E-state index is -1.04. The Balaban J connectivity index is 2.14. The third-order valence-corrected chi connectivity index (χ3v) is 4.22. The molecule has 1 heterocycles. The molecule has 1 aliphatic rings. The second-order valence-electron chi connectivity index (χ2n) is 6.33. The third kappa shape index (κ3) is 3.45. The molecule has 0 amide bonds. The number of carbonyl (C=O) groups is 1. The zero-order valence-corrected chi connectivity index (χ0v) is 14.1. The highest BCUT2D eigenvalue weighted by atomic mass is 19.3. The van der Waals surface area contributed by atoms with E-state index in [1.807, 2.05) is 30.3 Å². The summed E-state index contributed by atoms with van der Waals surface area (Å²) in [4.78, 5) is 19.3. The number of nitrogens with two attached hydrogens (primary N) is 1. The molecule has 0 spiro atoms. The van der Waals surface area contributed by atoms with Gasteiger partial charge in [0.15, 0.2) is 0 Å². The Morgan fingerprint density at radius 3 is 2.72 bits per heavy atom. The van der Waals surface area contributed by atoms with Crippen LogP contribution in [-0.4, -0.2) is 11.8 Å². The van der Waals surface area contributed by atoms with Crippen LogP contribution in [0.4, 0.5) is 10.2 Å². The largest absolute Gasteiger partial charge is 0.387 e. The number of hydrogen-bond donors (Lipinski definition) is 1. The second kappa shape index (κ2) is 6.89. The molecule has 25 heavy (non-hydrogen) atoms. The first kappa shape index (κ1) is 16.9. The Labute approximate surface area is 145 Å². The van der Waals surface area contributed by atoms with Gasteiger partial charge in [0, 0.05) is 22.1 Å². The van der Waals surface area contributed by atoms with Crippen LogP contribution in [0.15, 0.2) is 53.0 Å². The minimum Gasteiger partial charge on any atom is -0.387 e.